The van der Waals surface area contributed by atoms with Crippen LogP contribution in [0.25, 0.3) is 5.70 Å². The summed E-state index contributed by atoms with van der Waals surface area (Å²) in [6.07, 6.45) is -0.627. The minimum Gasteiger partial charge on any atom is -0.493 e. The zero-order valence-corrected chi connectivity index (χ0v) is 19.4. The number of nitrogens with one attached hydrogen (secondary N) is 1. The number of benzene rings is 2. The Bertz CT molecular complexity index is 1230. The van der Waals surface area contributed by atoms with Crippen molar-refractivity contribution in [2.45, 2.75) is 20.0 Å². The monoisotopic (exact) mass is 502 g/mol. The maximum atomic E-state index is 13.0. The molecule has 0 saturated heterocycles. The quantitative estimate of drug-likeness (QED) is 0.509. The van der Waals surface area contributed by atoms with Crippen LogP contribution in [0.4, 0.5) is 0 Å². The van der Waals surface area contributed by atoms with Gasteiger partial charge >= 0.3 is 5.97 Å². The molecule has 0 bridgehead atoms. The van der Waals surface area contributed by atoms with Crippen molar-refractivity contribution in [3.63, 3.8) is 0 Å². The van der Waals surface area contributed by atoms with Crippen LogP contribution in [0.2, 0.25) is 0 Å². The van der Waals surface area contributed by atoms with Gasteiger partial charge in [-0.25, -0.2) is 5.01 Å². The molecule has 1 N–H and O–H groups in total. The van der Waals surface area contributed by atoms with Gasteiger partial charge in [0, 0.05) is 22.2 Å². The topological polar surface area (TPSA) is 92.6 Å². The lowest BCUT2D eigenvalue weighted by Crippen LogP contribution is -2.50. The van der Waals surface area contributed by atoms with E-state index in [0.29, 0.717) is 37.2 Å². The molecule has 4 rings (SSSR count). The normalized spacial score (nSPS) is 17.1. The van der Waals surface area contributed by atoms with Crippen LogP contribution in [0, 0.1) is 0 Å². The summed E-state index contributed by atoms with van der Waals surface area (Å²) < 4.78 is 11.3. The van der Waals surface area contributed by atoms with Gasteiger partial charge in [-0.1, -0.05) is 52.8 Å². The Balaban J connectivity index is 1.92. The number of amides is 1. The molecule has 0 radical (unpaired) electrons. The molecule has 0 saturated carbocycles. The zero-order valence-electron chi connectivity index (χ0n) is 17.0. The van der Waals surface area contributed by atoms with E-state index in [1.54, 1.807) is 17.1 Å². The molecule has 10 heteroatoms. The van der Waals surface area contributed by atoms with Crippen molar-refractivity contribution >= 4 is 50.4 Å². The minimum atomic E-state index is -0.627. The Morgan fingerprint density at radius 3 is 2.77 bits per heavy atom. The number of ether oxygens (including phenoxy) is 2. The minimum absolute atomic E-state index is 0.238. The largest absolute Gasteiger partial charge is 0.493 e. The third kappa shape index (κ3) is 4.05. The van der Waals surface area contributed by atoms with E-state index in [1.165, 1.54) is 25.8 Å². The van der Waals surface area contributed by atoms with Crippen LogP contribution in [0.1, 0.15) is 25.6 Å². The number of carbonyl (C=O) groups excluding carboxylic acids is 2. The van der Waals surface area contributed by atoms with Gasteiger partial charge in [0.1, 0.15) is 5.70 Å². The summed E-state index contributed by atoms with van der Waals surface area (Å²) in [6.45, 7) is 3.31. The number of halogens is 1. The number of hydrogen-bond acceptors (Lipinski definition) is 8. The Labute approximate surface area is 191 Å². The van der Waals surface area contributed by atoms with Gasteiger partial charge in [-0.2, -0.15) is 0 Å². The number of rotatable bonds is 4. The van der Waals surface area contributed by atoms with Crippen LogP contribution < -0.4 is 25.4 Å². The molecule has 2 heterocycles. The first-order valence-electron chi connectivity index (χ1n) is 9.48. The molecule has 2 aliphatic heterocycles. The Morgan fingerprint density at radius 2 is 2.06 bits per heavy atom. The van der Waals surface area contributed by atoms with Gasteiger partial charge in [0.15, 0.2) is 22.8 Å². The first-order valence-corrected chi connectivity index (χ1v) is 11.3. The van der Waals surface area contributed by atoms with Crippen molar-refractivity contribution in [2.75, 3.05) is 12.9 Å². The molecule has 1 atom stereocenters. The van der Waals surface area contributed by atoms with E-state index >= 15 is 0 Å². The van der Waals surface area contributed by atoms with Crippen LogP contribution in [-0.4, -0.2) is 34.9 Å². The average molecular weight is 503 g/mol. The first kappa shape index (κ1) is 21.4. The van der Waals surface area contributed by atoms with E-state index in [9.17, 15) is 9.59 Å². The molecule has 1 amide bonds. The average Bonchev–Trinajstić information content (AvgIpc) is 2.73. The molecule has 31 heavy (non-hydrogen) atoms. The van der Waals surface area contributed by atoms with Gasteiger partial charge in [0.25, 0.3) is 5.91 Å². The molecule has 2 aromatic rings. The number of hydrazone groups is 1. The zero-order chi connectivity index (χ0) is 22.1. The fourth-order valence-corrected chi connectivity index (χ4v) is 4.49. The number of methoxy groups -OCH3 is 1. The molecule has 0 unspecified atom stereocenters. The summed E-state index contributed by atoms with van der Waals surface area (Å²) in [5.74, 6) is 0.724. The predicted octanol–water partition coefficient (Wildman–Crippen LogP) is 2.28. The van der Waals surface area contributed by atoms with Crippen molar-refractivity contribution in [1.29, 1.82) is 0 Å². The summed E-state index contributed by atoms with van der Waals surface area (Å²) in [5, 5.41) is 11.1. The van der Waals surface area contributed by atoms with E-state index in [1.807, 2.05) is 31.2 Å². The van der Waals surface area contributed by atoms with Crippen LogP contribution in [0.15, 0.2) is 51.0 Å². The fourth-order valence-electron chi connectivity index (χ4n) is 3.37. The van der Waals surface area contributed by atoms with Crippen LogP contribution in [0.3, 0.4) is 0 Å². The van der Waals surface area contributed by atoms with E-state index < -0.39 is 12.1 Å². The van der Waals surface area contributed by atoms with Crippen molar-refractivity contribution < 1.29 is 19.1 Å². The second-order valence-corrected chi connectivity index (χ2v) is 8.73. The highest BCUT2D eigenvalue weighted by Gasteiger charge is 2.35. The van der Waals surface area contributed by atoms with Crippen molar-refractivity contribution in [2.24, 2.45) is 10.1 Å². The number of carbonyl (C=O) groups is 2. The molecule has 160 valence electrons. The summed E-state index contributed by atoms with van der Waals surface area (Å²) in [6, 6.07) is 10.8. The Morgan fingerprint density at radius 1 is 1.29 bits per heavy atom. The van der Waals surface area contributed by atoms with Crippen LogP contribution >= 0.6 is 27.7 Å². The molecule has 2 aromatic carbocycles. The summed E-state index contributed by atoms with van der Waals surface area (Å²) in [5.41, 5.74) is 1.13. The highest BCUT2D eigenvalue weighted by atomic mass is 79.9. The molecule has 2 aliphatic rings. The molecule has 0 spiro atoms. The predicted molar refractivity (Wildman–Crippen MR) is 121 cm³/mol. The van der Waals surface area contributed by atoms with E-state index in [-0.39, 0.29) is 11.7 Å². The van der Waals surface area contributed by atoms with Gasteiger partial charge in [-0.3, -0.25) is 19.9 Å². The van der Waals surface area contributed by atoms with E-state index in [0.717, 1.165) is 5.75 Å². The van der Waals surface area contributed by atoms with Gasteiger partial charge in [-0.15, -0.1) is 5.10 Å². The Hall–Kier alpha value is -2.85. The number of fused-ring (bicyclic) bond motifs is 2. The second kappa shape index (κ2) is 8.72. The lowest BCUT2D eigenvalue weighted by atomic mass is 10.1. The lowest BCUT2D eigenvalue weighted by Gasteiger charge is -2.34. The molecule has 8 nitrogen and oxygen atoms in total. The van der Waals surface area contributed by atoms with Gasteiger partial charge in [0.2, 0.25) is 0 Å². The third-order valence-corrected chi connectivity index (χ3v) is 6.04. The third-order valence-electron chi connectivity index (χ3n) is 4.61. The van der Waals surface area contributed by atoms with Crippen molar-refractivity contribution in [3.8, 4) is 11.5 Å². The number of amidine groups is 1. The number of para-hydroxylation sites is 1. The highest BCUT2D eigenvalue weighted by molar-refractivity contribution is 9.10. The maximum absolute atomic E-state index is 13.0. The first-order chi connectivity index (χ1) is 14.9. The van der Waals surface area contributed by atoms with Crippen LogP contribution in [0.5, 0.6) is 11.5 Å². The van der Waals surface area contributed by atoms with Crippen molar-refractivity contribution in [1.82, 2.24) is 10.3 Å². The van der Waals surface area contributed by atoms with Crippen LogP contribution in [-0.2, 0) is 9.59 Å². The number of hydrogen-bond donors (Lipinski definition) is 1. The number of nitrogens with zero attached hydrogens (tertiary/aromatic N) is 3. The SMILES string of the molecule is CCSC1=NN2C(=c3ccccc3=N[C@H]2c2cc(OC)c(OC(C)=O)cc2Br)C(=O)N1. The highest BCUT2D eigenvalue weighted by Crippen LogP contribution is 2.40. The molecule has 0 aromatic heterocycles. The lowest BCUT2D eigenvalue weighted by molar-refractivity contribution is -0.132. The maximum Gasteiger partial charge on any atom is 0.308 e. The number of esters is 1. The summed E-state index contributed by atoms with van der Waals surface area (Å²) in [7, 11) is 1.49. The summed E-state index contributed by atoms with van der Waals surface area (Å²) in [4.78, 5) is 29.3. The molecular weight excluding hydrogens is 484 g/mol. The van der Waals surface area contributed by atoms with E-state index in [4.69, 9.17) is 14.5 Å². The standard InChI is InChI=1S/C21H19BrN4O4S/c1-4-31-21-24-20(28)18-12-7-5-6-8-15(12)23-19(26(18)25-21)13-9-16(29-3)17(10-14(13)22)30-11(2)27/h5-10,19H,4H2,1-3H3,(H,24,25,28)/t19-/m1/s1. The molecular formula is C21H19BrN4O4S. The van der Waals surface area contributed by atoms with Crippen molar-refractivity contribution in [3.05, 3.63) is 57.0 Å². The van der Waals surface area contributed by atoms with Gasteiger partial charge in [-0.05, 0) is 24.0 Å². The molecule has 0 fully saturated rings. The second-order valence-electron chi connectivity index (χ2n) is 6.62. The number of thioether (sulfide) groups is 1. The summed E-state index contributed by atoms with van der Waals surface area (Å²) >= 11 is 5.00. The Kier molecular flexibility index (Phi) is 6.01. The molecule has 0 aliphatic carbocycles. The van der Waals surface area contributed by atoms with Gasteiger partial charge < -0.3 is 9.47 Å². The van der Waals surface area contributed by atoms with E-state index in [2.05, 4.69) is 26.3 Å². The smallest absolute Gasteiger partial charge is 0.308 e. The fraction of sp³-hybridized carbons (Fsp3) is 0.238. The van der Waals surface area contributed by atoms with Gasteiger partial charge in [0.05, 0.1) is 12.5 Å².